The summed E-state index contributed by atoms with van der Waals surface area (Å²) >= 11 is 4.76. The summed E-state index contributed by atoms with van der Waals surface area (Å²) < 4.78 is 27.8. The molecule has 0 fully saturated rings. The van der Waals surface area contributed by atoms with Gasteiger partial charge in [0.25, 0.3) is 0 Å². The molecule has 0 atom stereocenters. The smallest absolute Gasteiger partial charge is 0.244 e. The summed E-state index contributed by atoms with van der Waals surface area (Å²) in [6, 6.07) is 6.81. The summed E-state index contributed by atoms with van der Waals surface area (Å²) in [5, 5.41) is 9.57. The van der Waals surface area contributed by atoms with Gasteiger partial charge in [0.15, 0.2) is 0 Å². The van der Waals surface area contributed by atoms with Gasteiger partial charge in [-0.05, 0) is 58.6 Å². The number of rotatable bonds is 2. The van der Waals surface area contributed by atoms with Gasteiger partial charge in [-0.15, -0.1) is 11.3 Å². The maximum absolute atomic E-state index is 12.8. The van der Waals surface area contributed by atoms with Crippen LogP contribution in [0, 0.1) is 6.92 Å². The molecule has 1 aliphatic heterocycles. The van der Waals surface area contributed by atoms with Crippen molar-refractivity contribution in [3.05, 3.63) is 44.1 Å². The fraction of sp³-hybridized carbons (Fsp3) is 0.286. The van der Waals surface area contributed by atoms with Crippen molar-refractivity contribution in [1.29, 1.82) is 0 Å². The number of phenolic OH excluding ortho intramolecular Hbond substituents is 1. The lowest BCUT2D eigenvalue weighted by Crippen LogP contribution is -2.36. The fourth-order valence-electron chi connectivity index (χ4n) is 2.55. The number of sulfonamides is 1. The first-order valence-electron chi connectivity index (χ1n) is 6.45. The molecule has 3 rings (SSSR count). The number of thiophene rings is 1. The SMILES string of the molecule is Cc1sc(Br)cc1S(=O)(=O)N1CCc2ccc(O)cc2C1. The largest absolute Gasteiger partial charge is 0.508 e. The van der Waals surface area contributed by atoms with Gasteiger partial charge >= 0.3 is 0 Å². The molecule has 2 aromatic rings. The summed E-state index contributed by atoms with van der Waals surface area (Å²) in [4.78, 5) is 1.14. The van der Waals surface area contributed by atoms with Gasteiger partial charge in [-0.3, -0.25) is 0 Å². The highest BCUT2D eigenvalue weighted by Gasteiger charge is 2.30. The number of phenols is 1. The van der Waals surface area contributed by atoms with Gasteiger partial charge in [-0.2, -0.15) is 4.31 Å². The van der Waals surface area contributed by atoms with Crippen molar-refractivity contribution >= 4 is 37.3 Å². The molecular weight excluding hydrogens is 374 g/mol. The topological polar surface area (TPSA) is 57.6 Å². The Bertz CT molecular complexity index is 799. The Hall–Kier alpha value is -0.890. The summed E-state index contributed by atoms with van der Waals surface area (Å²) in [5.74, 6) is 0.169. The average molecular weight is 388 g/mol. The van der Waals surface area contributed by atoms with Crippen LogP contribution in [0.4, 0.5) is 0 Å². The normalized spacial score (nSPS) is 15.9. The van der Waals surface area contributed by atoms with Gasteiger partial charge in [0.05, 0.1) is 8.68 Å². The van der Waals surface area contributed by atoms with Crippen molar-refractivity contribution in [2.45, 2.75) is 24.8 Å². The molecule has 7 heteroatoms. The second-order valence-corrected chi connectivity index (χ2v) is 9.55. The number of fused-ring (bicyclic) bond motifs is 1. The van der Waals surface area contributed by atoms with Crippen LogP contribution in [-0.2, 0) is 23.0 Å². The van der Waals surface area contributed by atoms with E-state index in [4.69, 9.17) is 0 Å². The monoisotopic (exact) mass is 387 g/mol. The summed E-state index contributed by atoms with van der Waals surface area (Å²) in [7, 11) is -3.50. The molecule has 4 nitrogen and oxygen atoms in total. The summed E-state index contributed by atoms with van der Waals surface area (Å²) in [6.45, 7) is 2.58. The van der Waals surface area contributed by atoms with E-state index in [1.807, 2.05) is 13.0 Å². The van der Waals surface area contributed by atoms with E-state index in [1.54, 1.807) is 18.2 Å². The maximum Gasteiger partial charge on any atom is 0.244 e. The van der Waals surface area contributed by atoms with Gasteiger partial charge in [0.1, 0.15) is 5.75 Å². The molecule has 0 aliphatic carbocycles. The summed E-state index contributed by atoms with van der Waals surface area (Å²) in [6.07, 6.45) is 0.666. The molecule has 0 spiro atoms. The van der Waals surface area contributed by atoms with E-state index in [0.717, 1.165) is 19.8 Å². The Balaban J connectivity index is 1.97. The van der Waals surface area contributed by atoms with Gasteiger partial charge in [0.2, 0.25) is 10.0 Å². The van der Waals surface area contributed by atoms with E-state index in [1.165, 1.54) is 15.6 Å². The minimum absolute atomic E-state index is 0.169. The average Bonchev–Trinajstić information content (AvgIpc) is 2.77. The Morgan fingerprint density at radius 1 is 1.29 bits per heavy atom. The first-order valence-corrected chi connectivity index (χ1v) is 9.50. The van der Waals surface area contributed by atoms with Crippen molar-refractivity contribution in [3.63, 3.8) is 0 Å². The van der Waals surface area contributed by atoms with Crippen LogP contribution >= 0.6 is 27.3 Å². The molecule has 1 aromatic carbocycles. The van der Waals surface area contributed by atoms with Gasteiger partial charge in [-0.25, -0.2) is 8.42 Å². The van der Waals surface area contributed by atoms with Crippen molar-refractivity contribution in [2.24, 2.45) is 0 Å². The number of aromatic hydroxyl groups is 1. The van der Waals surface area contributed by atoms with E-state index in [-0.39, 0.29) is 5.75 Å². The number of aryl methyl sites for hydroxylation is 1. The standard InChI is InChI=1S/C14H14BrNO3S2/c1-9-13(7-14(15)20-9)21(18,19)16-5-4-10-2-3-12(17)6-11(10)8-16/h2-3,6-7,17H,4-5,8H2,1H3. The number of hydrogen-bond donors (Lipinski definition) is 1. The molecule has 1 aromatic heterocycles. The number of hydrogen-bond acceptors (Lipinski definition) is 4. The predicted octanol–water partition coefficient (Wildman–Crippen LogP) is 3.27. The highest BCUT2D eigenvalue weighted by Crippen LogP contribution is 2.33. The van der Waals surface area contributed by atoms with E-state index in [0.29, 0.717) is 24.4 Å². The molecule has 1 N–H and O–H groups in total. The lowest BCUT2D eigenvalue weighted by atomic mass is 10.0. The first-order chi connectivity index (χ1) is 9.88. The van der Waals surface area contributed by atoms with Crippen molar-refractivity contribution in [2.75, 3.05) is 6.54 Å². The van der Waals surface area contributed by atoms with E-state index < -0.39 is 10.0 Å². The second-order valence-electron chi connectivity index (χ2n) is 5.01. The van der Waals surface area contributed by atoms with Gasteiger partial charge in [-0.1, -0.05) is 6.07 Å². The third-order valence-electron chi connectivity index (χ3n) is 3.63. The Morgan fingerprint density at radius 3 is 2.71 bits per heavy atom. The first kappa shape index (κ1) is 15.0. The minimum atomic E-state index is -3.50. The number of nitrogens with zero attached hydrogens (tertiary/aromatic N) is 1. The van der Waals surface area contributed by atoms with Crippen LogP contribution < -0.4 is 0 Å². The van der Waals surface area contributed by atoms with Crippen LogP contribution in [0.3, 0.4) is 0 Å². The van der Waals surface area contributed by atoms with Crippen molar-refractivity contribution in [3.8, 4) is 5.75 Å². The maximum atomic E-state index is 12.8. The van der Waals surface area contributed by atoms with Crippen molar-refractivity contribution in [1.82, 2.24) is 4.31 Å². The quantitative estimate of drug-likeness (QED) is 0.859. The fourth-order valence-corrected chi connectivity index (χ4v) is 6.35. The minimum Gasteiger partial charge on any atom is -0.508 e. The third kappa shape index (κ3) is 2.75. The van der Waals surface area contributed by atoms with Crippen molar-refractivity contribution < 1.29 is 13.5 Å². The van der Waals surface area contributed by atoms with Crippen LogP contribution in [0.25, 0.3) is 0 Å². The number of halogens is 1. The van der Waals surface area contributed by atoms with E-state index >= 15 is 0 Å². The molecular formula is C14H14BrNO3S2. The molecule has 1 aliphatic rings. The molecule has 21 heavy (non-hydrogen) atoms. The zero-order valence-electron chi connectivity index (χ0n) is 11.3. The molecule has 2 heterocycles. The predicted molar refractivity (Wildman–Crippen MR) is 86.2 cm³/mol. The van der Waals surface area contributed by atoms with Crippen LogP contribution in [0.5, 0.6) is 5.75 Å². The molecule has 0 saturated carbocycles. The molecule has 0 bridgehead atoms. The van der Waals surface area contributed by atoms with E-state index in [9.17, 15) is 13.5 Å². The second kappa shape index (κ2) is 5.39. The Labute approximate surface area is 136 Å². The molecule has 0 radical (unpaired) electrons. The third-order valence-corrected chi connectivity index (χ3v) is 7.28. The molecule has 112 valence electrons. The Morgan fingerprint density at radius 2 is 2.05 bits per heavy atom. The highest BCUT2D eigenvalue weighted by molar-refractivity contribution is 9.11. The van der Waals surface area contributed by atoms with Crippen LogP contribution in [0.2, 0.25) is 0 Å². The van der Waals surface area contributed by atoms with Crippen LogP contribution in [0.15, 0.2) is 32.9 Å². The lowest BCUT2D eigenvalue weighted by Gasteiger charge is -2.28. The zero-order valence-corrected chi connectivity index (χ0v) is 14.6. The zero-order chi connectivity index (χ0) is 15.2. The molecule has 0 unspecified atom stereocenters. The molecule has 0 saturated heterocycles. The van der Waals surface area contributed by atoms with Crippen LogP contribution in [-0.4, -0.2) is 24.4 Å². The summed E-state index contributed by atoms with van der Waals surface area (Å²) in [5.41, 5.74) is 1.97. The Kier molecular flexibility index (Phi) is 3.85. The van der Waals surface area contributed by atoms with Gasteiger partial charge in [0, 0.05) is 18.0 Å². The lowest BCUT2D eigenvalue weighted by molar-refractivity contribution is 0.389. The van der Waals surface area contributed by atoms with E-state index in [2.05, 4.69) is 15.9 Å². The highest BCUT2D eigenvalue weighted by atomic mass is 79.9. The number of benzene rings is 1. The van der Waals surface area contributed by atoms with Crippen LogP contribution in [0.1, 0.15) is 16.0 Å². The molecule has 0 amide bonds. The van der Waals surface area contributed by atoms with Gasteiger partial charge < -0.3 is 5.11 Å².